The lowest BCUT2D eigenvalue weighted by molar-refractivity contribution is 0.267. The number of nitrogens with one attached hydrogen (secondary N) is 1. The van der Waals surface area contributed by atoms with Crippen LogP contribution in [0.15, 0.2) is 11.4 Å². The molecule has 0 amide bonds. The van der Waals surface area contributed by atoms with Crippen molar-refractivity contribution >= 4 is 23.1 Å². The average Bonchev–Trinajstić information content (AvgIpc) is 2.80. The van der Waals surface area contributed by atoms with Crippen LogP contribution >= 0.6 is 23.1 Å². The number of thiophene rings is 1. The molecular weight excluding hydrogens is 250 g/mol. The number of aliphatic hydroxyl groups excluding tert-OH is 1. The molecule has 1 aliphatic carbocycles. The highest BCUT2D eigenvalue weighted by molar-refractivity contribution is 7.99. The molecule has 1 aliphatic rings. The van der Waals surface area contributed by atoms with Gasteiger partial charge >= 0.3 is 0 Å². The zero-order valence-corrected chi connectivity index (χ0v) is 12.1. The van der Waals surface area contributed by atoms with Gasteiger partial charge in [0.15, 0.2) is 0 Å². The summed E-state index contributed by atoms with van der Waals surface area (Å²) in [5.74, 6) is 0. The van der Waals surface area contributed by atoms with Gasteiger partial charge in [0.25, 0.3) is 0 Å². The molecule has 0 spiro atoms. The highest BCUT2D eigenvalue weighted by Crippen LogP contribution is 2.33. The van der Waals surface area contributed by atoms with E-state index in [9.17, 15) is 5.11 Å². The molecule has 17 heavy (non-hydrogen) atoms. The summed E-state index contributed by atoms with van der Waals surface area (Å²) in [5, 5.41) is 15.5. The Morgan fingerprint density at radius 1 is 1.65 bits per heavy atom. The third kappa shape index (κ3) is 3.05. The normalized spacial score (nSPS) is 23.1. The maximum atomic E-state index is 9.32. The van der Waals surface area contributed by atoms with Gasteiger partial charge in [-0.05, 0) is 49.5 Å². The molecule has 96 valence electrons. The highest BCUT2D eigenvalue weighted by Gasteiger charge is 2.24. The van der Waals surface area contributed by atoms with E-state index in [-0.39, 0.29) is 6.61 Å². The van der Waals surface area contributed by atoms with Crippen molar-refractivity contribution in [2.75, 3.05) is 12.9 Å². The second-order valence-electron chi connectivity index (χ2n) is 4.66. The Morgan fingerprint density at radius 2 is 2.47 bits per heavy atom. The van der Waals surface area contributed by atoms with Gasteiger partial charge in [0.05, 0.1) is 6.61 Å². The molecule has 0 bridgehead atoms. The maximum absolute atomic E-state index is 9.32. The largest absolute Gasteiger partial charge is 0.395 e. The Labute approximate surface area is 112 Å². The number of fused-ring (bicyclic) bond motifs is 1. The van der Waals surface area contributed by atoms with E-state index >= 15 is 0 Å². The number of thioether (sulfide) groups is 1. The van der Waals surface area contributed by atoms with Crippen molar-refractivity contribution in [3.05, 3.63) is 21.9 Å². The summed E-state index contributed by atoms with van der Waals surface area (Å²) in [6.07, 6.45) is 5.81. The van der Waals surface area contributed by atoms with E-state index in [0.717, 1.165) is 0 Å². The Kier molecular flexibility index (Phi) is 4.91. The Hall–Kier alpha value is -0.0300. The second kappa shape index (κ2) is 6.23. The fraction of sp³-hybridized carbons (Fsp3) is 0.692. The van der Waals surface area contributed by atoms with Crippen LogP contribution in [0, 0.1) is 0 Å². The zero-order chi connectivity index (χ0) is 12.3. The van der Waals surface area contributed by atoms with Crippen LogP contribution in [0.1, 0.15) is 36.2 Å². The van der Waals surface area contributed by atoms with E-state index in [1.807, 2.05) is 11.3 Å². The van der Waals surface area contributed by atoms with Crippen LogP contribution in [0.4, 0.5) is 0 Å². The third-order valence-corrected chi connectivity index (χ3v) is 5.72. The van der Waals surface area contributed by atoms with Crippen molar-refractivity contribution in [2.24, 2.45) is 0 Å². The quantitative estimate of drug-likeness (QED) is 0.864. The van der Waals surface area contributed by atoms with Gasteiger partial charge in [-0.25, -0.2) is 0 Å². The summed E-state index contributed by atoms with van der Waals surface area (Å²) in [5.41, 5.74) is 1.49. The number of rotatable bonds is 5. The minimum atomic E-state index is 0.249. The van der Waals surface area contributed by atoms with E-state index in [2.05, 4.69) is 29.9 Å². The number of hydrogen-bond donors (Lipinski definition) is 2. The topological polar surface area (TPSA) is 32.3 Å². The van der Waals surface area contributed by atoms with E-state index in [1.54, 1.807) is 16.6 Å². The molecule has 2 nitrogen and oxygen atoms in total. The maximum Gasteiger partial charge on any atom is 0.0564 e. The SMILES string of the molecule is CSC(CO)C(C)NC1CCCc2sccc21. The number of hydrogen-bond acceptors (Lipinski definition) is 4. The van der Waals surface area contributed by atoms with Crippen LogP contribution in [-0.4, -0.2) is 29.3 Å². The Morgan fingerprint density at radius 3 is 3.18 bits per heavy atom. The lowest BCUT2D eigenvalue weighted by Gasteiger charge is -2.30. The second-order valence-corrected chi connectivity index (χ2v) is 6.73. The lowest BCUT2D eigenvalue weighted by Crippen LogP contribution is -2.40. The molecule has 0 aromatic carbocycles. The van der Waals surface area contributed by atoms with Crippen molar-refractivity contribution < 1.29 is 5.11 Å². The summed E-state index contributed by atoms with van der Waals surface area (Å²) in [6.45, 7) is 2.43. The van der Waals surface area contributed by atoms with Crippen LogP contribution < -0.4 is 5.32 Å². The van der Waals surface area contributed by atoms with E-state index in [0.29, 0.717) is 17.3 Å². The predicted octanol–water partition coefficient (Wildman–Crippen LogP) is 2.83. The first kappa shape index (κ1) is 13.4. The molecule has 3 unspecified atom stereocenters. The van der Waals surface area contributed by atoms with Gasteiger partial charge in [-0.2, -0.15) is 11.8 Å². The predicted molar refractivity (Wildman–Crippen MR) is 77.0 cm³/mol. The molecule has 0 saturated heterocycles. The first-order valence-electron chi connectivity index (χ1n) is 6.22. The number of aryl methyl sites for hydroxylation is 1. The van der Waals surface area contributed by atoms with Crippen LogP contribution in [0.2, 0.25) is 0 Å². The minimum Gasteiger partial charge on any atom is -0.395 e. The van der Waals surface area contributed by atoms with Gasteiger partial charge in [-0.15, -0.1) is 11.3 Å². The molecule has 0 saturated carbocycles. The van der Waals surface area contributed by atoms with Crippen LogP contribution in [0.3, 0.4) is 0 Å². The van der Waals surface area contributed by atoms with Gasteiger partial charge in [0.2, 0.25) is 0 Å². The van der Waals surface area contributed by atoms with Crippen molar-refractivity contribution in [3.8, 4) is 0 Å². The summed E-state index contributed by atoms with van der Waals surface area (Å²) in [7, 11) is 0. The first-order valence-corrected chi connectivity index (χ1v) is 8.39. The fourth-order valence-corrected chi connectivity index (χ4v) is 4.14. The standard InChI is InChI=1S/C13H21NOS2/c1-9(13(8-15)16-2)14-11-4-3-5-12-10(11)6-7-17-12/h6-7,9,11,13-15H,3-5,8H2,1-2H3. The molecule has 4 heteroatoms. The molecule has 0 aliphatic heterocycles. The number of aliphatic hydroxyl groups is 1. The van der Waals surface area contributed by atoms with Gasteiger partial charge in [-0.3, -0.25) is 0 Å². The van der Waals surface area contributed by atoms with E-state index < -0.39 is 0 Å². The van der Waals surface area contributed by atoms with Crippen molar-refractivity contribution in [1.82, 2.24) is 5.32 Å². The molecule has 0 fully saturated rings. The summed E-state index contributed by atoms with van der Waals surface area (Å²) < 4.78 is 0. The fourth-order valence-electron chi connectivity index (χ4n) is 2.52. The van der Waals surface area contributed by atoms with Crippen LogP contribution in [-0.2, 0) is 6.42 Å². The first-order chi connectivity index (χ1) is 8.26. The zero-order valence-electron chi connectivity index (χ0n) is 10.5. The molecule has 2 N–H and O–H groups in total. The molecule has 0 radical (unpaired) electrons. The van der Waals surface area contributed by atoms with E-state index in [1.165, 1.54) is 24.8 Å². The minimum absolute atomic E-state index is 0.249. The average molecular weight is 271 g/mol. The molecule has 3 atom stereocenters. The summed E-state index contributed by atoms with van der Waals surface area (Å²) in [4.78, 5) is 1.55. The summed E-state index contributed by atoms with van der Waals surface area (Å²) >= 11 is 3.62. The molecule has 1 heterocycles. The van der Waals surface area contributed by atoms with Gasteiger partial charge in [0.1, 0.15) is 0 Å². The van der Waals surface area contributed by atoms with Crippen molar-refractivity contribution in [2.45, 2.75) is 43.5 Å². The van der Waals surface area contributed by atoms with E-state index in [4.69, 9.17) is 0 Å². The molecule has 1 aromatic rings. The molecular formula is C13H21NOS2. The Bertz CT molecular complexity index is 349. The highest BCUT2D eigenvalue weighted by atomic mass is 32.2. The molecule has 1 aromatic heterocycles. The molecule has 2 rings (SSSR count). The van der Waals surface area contributed by atoms with Crippen LogP contribution in [0.25, 0.3) is 0 Å². The Balaban J connectivity index is 2.01. The van der Waals surface area contributed by atoms with Gasteiger partial charge in [0, 0.05) is 22.2 Å². The van der Waals surface area contributed by atoms with Crippen LogP contribution in [0.5, 0.6) is 0 Å². The van der Waals surface area contributed by atoms with Crippen molar-refractivity contribution in [3.63, 3.8) is 0 Å². The third-order valence-electron chi connectivity index (χ3n) is 3.56. The lowest BCUT2D eigenvalue weighted by atomic mass is 9.93. The van der Waals surface area contributed by atoms with Gasteiger partial charge in [-0.1, -0.05) is 0 Å². The van der Waals surface area contributed by atoms with Crippen molar-refractivity contribution in [1.29, 1.82) is 0 Å². The smallest absolute Gasteiger partial charge is 0.0564 e. The monoisotopic (exact) mass is 271 g/mol. The van der Waals surface area contributed by atoms with Gasteiger partial charge < -0.3 is 10.4 Å². The summed E-state index contributed by atoms with van der Waals surface area (Å²) in [6, 6.07) is 3.10.